The van der Waals surface area contributed by atoms with Gasteiger partial charge in [0.15, 0.2) is 0 Å². The van der Waals surface area contributed by atoms with E-state index in [1.807, 2.05) is 19.0 Å². The van der Waals surface area contributed by atoms with Gasteiger partial charge in [-0.25, -0.2) is 17.6 Å². The minimum atomic E-state index is -3.61. The number of carbonyl (C=O) groups is 1. The summed E-state index contributed by atoms with van der Waals surface area (Å²) in [5.74, 6) is -0.317. The Morgan fingerprint density at radius 1 is 1.10 bits per heavy atom. The summed E-state index contributed by atoms with van der Waals surface area (Å²) in [6.45, 7) is 4.05. The molecule has 0 aromatic heterocycles. The molecular formula is C21H27FN4O3S. The van der Waals surface area contributed by atoms with Crippen molar-refractivity contribution in [1.82, 2.24) is 14.5 Å². The number of sulfonamides is 1. The zero-order valence-corrected chi connectivity index (χ0v) is 18.1. The normalized spacial score (nSPS) is 12.6. The Morgan fingerprint density at radius 2 is 1.70 bits per heavy atom. The van der Waals surface area contributed by atoms with Crippen molar-refractivity contribution in [3.8, 4) is 0 Å². The van der Waals surface area contributed by atoms with Crippen molar-refractivity contribution in [1.29, 1.82) is 0 Å². The average Bonchev–Trinajstić information content (AvgIpc) is 2.70. The summed E-state index contributed by atoms with van der Waals surface area (Å²) in [6.07, 6.45) is 1.50. The molecule has 1 unspecified atom stereocenters. The number of benzene rings is 2. The molecule has 1 atom stereocenters. The van der Waals surface area contributed by atoms with Crippen molar-refractivity contribution in [3.63, 3.8) is 0 Å². The van der Waals surface area contributed by atoms with Crippen molar-refractivity contribution in [2.75, 3.05) is 39.5 Å². The second kappa shape index (κ2) is 10.3. The van der Waals surface area contributed by atoms with Crippen LogP contribution in [0, 0.1) is 5.82 Å². The van der Waals surface area contributed by atoms with Crippen molar-refractivity contribution in [2.24, 2.45) is 0 Å². The maximum absolute atomic E-state index is 13.2. The molecular weight excluding hydrogens is 407 g/mol. The summed E-state index contributed by atoms with van der Waals surface area (Å²) < 4.78 is 39.1. The number of likely N-dealkylation sites (N-methyl/N-ethyl adjacent to an activating group) is 2. The Morgan fingerprint density at radius 3 is 2.23 bits per heavy atom. The molecule has 7 nitrogen and oxygen atoms in total. The average molecular weight is 435 g/mol. The Labute approximate surface area is 177 Å². The van der Waals surface area contributed by atoms with Crippen LogP contribution in [0.2, 0.25) is 0 Å². The molecule has 0 fully saturated rings. The lowest BCUT2D eigenvalue weighted by atomic mass is 10.1. The van der Waals surface area contributed by atoms with Gasteiger partial charge in [0.2, 0.25) is 10.0 Å². The monoisotopic (exact) mass is 434 g/mol. The molecule has 2 amide bonds. The van der Waals surface area contributed by atoms with E-state index in [9.17, 15) is 17.6 Å². The fourth-order valence-electron chi connectivity index (χ4n) is 2.82. The topological polar surface area (TPSA) is 81.8 Å². The fourth-order valence-corrected chi connectivity index (χ4v) is 3.96. The molecule has 0 heterocycles. The molecule has 2 aromatic carbocycles. The smallest absolute Gasteiger partial charge is 0.319 e. The summed E-state index contributed by atoms with van der Waals surface area (Å²) in [5, 5.41) is 5.46. The van der Waals surface area contributed by atoms with Gasteiger partial charge >= 0.3 is 6.03 Å². The molecule has 9 heteroatoms. The highest BCUT2D eigenvalue weighted by Crippen LogP contribution is 2.19. The molecule has 0 spiro atoms. The standard InChI is InChI=1S/C21H27FN4O3S/c1-5-14-26(4)30(28,29)19-12-10-18(11-13-19)24-21(27)23-15-20(25(2)3)16-6-8-17(22)9-7-16/h5-13,20H,1,14-15H2,2-4H3,(H2,23,24,27). The maximum Gasteiger partial charge on any atom is 0.319 e. The highest BCUT2D eigenvalue weighted by molar-refractivity contribution is 7.89. The van der Waals surface area contributed by atoms with E-state index in [0.717, 1.165) is 5.56 Å². The summed E-state index contributed by atoms with van der Waals surface area (Å²) in [7, 11) is 1.60. The van der Waals surface area contributed by atoms with Crippen LogP contribution >= 0.6 is 0 Å². The van der Waals surface area contributed by atoms with Crippen LogP contribution in [-0.2, 0) is 10.0 Å². The molecule has 30 heavy (non-hydrogen) atoms. The molecule has 2 N–H and O–H groups in total. The first-order valence-electron chi connectivity index (χ1n) is 9.29. The van der Waals surface area contributed by atoms with Gasteiger partial charge in [-0.3, -0.25) is 0 Å². The minimum Gasteiger partial charge on any atom is -0.336 e. The van der Waals surface area contributed by atoms with E-state index in [2.05, 4.69) is 17.2 Å². The van der Waals surface area contributed by atoms with Crippen LogP contribution in [0.25, 0.3) is 0 Å². The highest BCUT2D eigenvalue weighted by Gasteiger charge is 2.20. The van der Waals surface area contributed by atoms with Crippen molar-refractivity contribution >= 4 is 21.7 Å². The third kappa shape index (κ3) is 6.12. The van der Waals surface area contributed by atoms with E-state index >= 15 is 0 Å². The lowest BCUT2D eigenvalue weighted by molar-refractivity contribution is 0.243. The molecule has 0 bridgehead atoms. The van der Waals surface area contributed by atoms with Crippen LogP contribution in [0.15, 0.2) is 66.1 Å². The molecule has 0 aliphatic rings. The predicted molar refractivity (Wildman–Crippen MR) is 116 cm³/mol. The van der Waals surface area contributed by atoms with Crippen LogP contribution in [0.5, 0.6) is 0 Å². The summed E-state index contributed by atoms with van der Waals surface area (Å²) in [5.41, 5.74) is 1.33. The Bertz CT molecular complexity index is 961. The van der Waals surface area contributed by atoms with Gasteiger partial charge in [0.25, 0.3) is 0 Å². The number of urea groups is 1. The van der Waals surface area contributed by atoms with E-state index in [1.165, 1.54) is 53.8 Å². The molecule has 0 saturated heterocycles. The SMILES string of the molecule is C=CCN(C)S(=O)(=O)c1ccc(NC(=O)NCC(c2ccc(F)cc2)N(C)C)cc1. The number of rotatable bonds is 9. The van der Waals surface area contributed by atoms with Crippen LogP contribution in [0.4, 0.5) is 14.9 Å². The predicted octanol–water partition coefficient (Wildman–Crippen LogP) is 3.06. The highest BCUT2D eigenvalue weighted by atomic mass is 32.2. The van der Waals surface area contributed by atoms with Crippen LogP contribution in [0.3, 0.4) is 0 Å². The number of amides is 2. The van der Waals surface area contributed by atoms with Crippen LogP contribution in [-0.4, -0.2) is 57.9 Å². The number of hydrogen-bond donors (Lipinski definition) is 2. The van der Waals surface area contributed by atoms with Gasteiger partial charge in [0, 0.05) is 25.8 Å². The van der Waals surface area contributed by atoms with E-state index in [4.69, 9.17) is 0 Å². The van der Waals surface area contributed by atoms with Gasteiger partial charge in [-0.1, -0.05) is 18.2 Å². The molecule has 0 saturated carbocycles. The van der Waals surface area contributed by atoms with Crippen molar-refractivity contribution in [3.05, 3.63) is 72.6 Å². The molecule has 2 aromatic rings. The first-order valence-corrected chi connectivity index (χ1v) is 10.7. The van der Waals surface area contributed by atoms with Gasteiger partial charge in [0.05, 0.1) is 10.9 Å². The van der Waals surface area contributed by atoms with Gasteiger partial charge in [0.1, 0.15) is 5.82 Å². The second-order valence-corrected chi connectivity index (χ2v) is 9.01. The maximum atomic E-state index is 13.2. The molecule has 0 aliphatic carbocycles. The number of nitrogens with zero attached hydrogens (tertiary/aromatic N) is 2. The van der Waals surface area contributed by atoms with Crippen LogP contribution < -0.4 is 10.6 Å². The largest absolute Gasteiger partial charge is 0.336 e. The number of nitrogens with one attached hydrogen (secondary N) is 2. The third-order valence-corrected chi connectivity index (χ3v) is 6.38. The quantitative estimate of drug-likeness (QED) is 0.595. The molecule has 0 radical (unpaired) electrons. The van der Waals surface area contributed by atoms with Crippen LogP contribution in [0.1, 0.15) is 11.6 Å². The zero-order chi connectivity index (χ0) is 22.3. The number of hydrogen-bond acceptors (Lipinski definition) is 4. The Balaban J connectivity index is 1.99. The number of halogens is 1. The third-order valence-electron chi connectivity index (χ3n) is 4.54. The van der Waals surface area contributed by atoms with Gasteiger partial charge in [-0.2, -0.15) is 4.31 Å². The minimum absolute atomic E-state index is 0.127. The number of anilines is 1. The fraction of sp³-hybridized carbons (Fsp3) is 0.286. The molecule has 2 rings (SSSR count). The van der Waals surface area contributed by atoms with Gasteiger partial charge in [-0.05, 0) is 56.1 Å². The van der Waals surface area contributed by atoms with Crippen molar-refractivity contribution in [2.45, 2.75) is 10.9 Å². The van der Waals surface area contributed by atoms with Gasteiger partial charge < -0.3 is 15.5 Å². The van der Waals surface area contributed by atoms with E-state index < -0.39 is 16.1 Å². The van der Waals surface area contributed by atoms with E-state index in [-0.39, 0.29) is 23.3 Å². The van der Waals surface area contributed by atoms with E-state index in [1.54, 1.807) is 12.1 Å². The summed E-state index contributed by atoms with van der Waals surface area (Å²) in [6, 6.07) is 11.5. The Kier molecular flexibility index (Phi) is 8.10. The molecule has 162 valence electrons. The summed E-state index contributed by atoms with van der Waals surface area (Å²) >= 11 is 0. The lowest BCUT2D eigenvalue weighted by Gasteiger charge is -2.25. The summed E-state index contributed by atoms with van der Waals surface area (Å²) in [4.78, 5) is 14.3. The lowest BCUT2D eigenvalue weighted by Crippen LogP contribution is -2.36. The van der Waals surface area contributed by atoms with Gasteiger partial charge in [-0.15, -0.1) is 6.58 Å². The zero-order valence-electron chi connectivity index (χ0n) is 17.3. The number of carbonyl (C=O) groups excluding carboxylic acids is 1. The first kappa shape index (κ1) is 23.5. The Hall–Kier alpha value is -2.75. The second-order valence-electron chi connectivity index (χ2n) is 6.96. The van der Waals surface area contributed by atoms with E-state index in [0.29, 0.717) is 12.2 Å². The van der Waals surface area contributed by atoms with Crippen molar-refractivity contribution < 1.29 is 17.6 Å². The molecule has 0 aliphatic heterocycles. The first-order chi connectivity index (χ1) is 14.1.